The van der Waals surface area contributed by atoms with E-state index < -0.39 is 0 Å². The van der Waals surface area contributed by atoms with E-state index >= 15 is 0 Å². The van der Waals surface area contributed by atoms with Gasteiger partial charge in [-0.3, -0.25) is 9.20 Å². The van der Waals surface area contributed by atoms with Gasteiger partial charge in [-0.2, -0.15) is 0 Å². The van der Waals surface area contributed by atoms with Gasteiger partial charge in [-0.05, 0) is 67.9 Å². The van der Waals surface area contributed by atoms with Crippen LogP contribution in [0.3, 0.4) is 0 Å². The number of ether oxygens (including phenoxy) is 1. The number of nitrogens with zero attached hydrogens (tertiary/aromatic N) is 5. The summed E-state index contributed by atoms with van der Waals surface area (Å²) >= 11 is 0. The molecule has 3 aromatic heterocycles. The zero-order valence-electron chi connectivity index (χ0n) is 20.0. The second-order valence-corrected chi connectivity index (χ2v) is 9.29. The van der Waals surface area contributed by atoms with Crippen LogP contribution in [0.4, 0.5) is 5.95 Å². The predicted molar refractivity (Wildman–Crippen MR) is 137 cm³/mol. The van der Waals surface area contributed by atoms with Gasteiger partial charge in [0, 0.05) is 43.0 Å². The maximum atomic E-state index is 12.3. The number of nitrogens with two attached hydrogens (primary N) is 1. The number of fused-ring (bicyclic) bond motifs is 1. The molecule has 2 N–H and O–H groups in total. The molecule has 6 rings (SSSR count). The van der Waals surface area contributed by atoms with Crippen molar-refractivity contribution in [3.05, 3.63) is 66.1 Å². The van der Waals surface area contributed by atoms with Crippen molar-refractivity contribution in [2.24, 2.45) is 0 Å². The van der Waals surface area contributed by atoms with Crippen molar-refractivity contribution >= 4 is 17.4 Å². The summed E-state index contributed by atoms with van der Waals surface area (Å²) in [5.41, 5.74) is 10.2. The Labute approximate surface area is 209 Å². The van der Waals surface area contributed by atoms with Crippen LogP contribution in [0.5, 0.6) is 11.6 Å². The lowest BCUT2D eigenvalue weighted by molar-refractivity contribution is -0.124. The molecule has 1 unspecified atom stereocenters. The minimum atomic E-state index is -0.144. The van der Waals surface area contributed by atoms with Gasteiger partial charge >= 0.3 is 0 Å². The standard InChI is InChI=1S/C28H26N6O2/c1-2-4-25(35)33-14-11-21(17-33)26-23-10-13-31-28(29)34(23)27(32-26)20-5-3-6-22(15-20)36-24-16-19(9-12-30-24)18-7-8-18/h3,5-6,9-10,12-13,15-16,18,21H,7-8,11,14,17H2,1H3,(H2,29,31). The molecule has 36 heavy (non-hydrogen) atoms. The molecule has 8 heteroatoms. The second kappa shape index (κ2) is 9.00. The predicted octanol–water partition coefficient (Wildman–Crippen LogP) is 4.38. The van der Waals surface area contributed by atoms with E-state index in [9.17, 15) is 4.79 Å². The molecular formula is C28H26N6O2. The number of imidazole rings is 1. The van der Waals surface area contributed by atoms with Crippen LogP contribution in [-0.4, -0.2) is 43.2 Å². The first-order valence-corrected chi connectivity index (χ1v) is 12.2. The molecule has 2 aliphatic rings. The molecule has 4 heterocycles. The van der Waals surface area contributed by atoms with Crippen LogP contribution in [0.1, 0.15) is 49.3 Å². The molecule has 0 bridgehead atoms. The number of benzene rings is 1. The summed E-state index contributed by atoms with van der Waals surface area (Å²) in [4.78, 5) is 27.8. The summed E-state index contributed by atoms with van der Waals surface area (Å²) in [5, 5.41) is 0. The summed E-state index contributed by atoms with van der Waals surface area (Å²) in [6.45, 7) is 2.91. The summed E-state index contributed by atoms with van der Waals surface area (Å²) in [5.74, 6) is 8.20. The smallest absolute Gasteiger partial charge is 0.298 e. The van der Waals surface area contributed by atoms with Gasteiger partial charge in [-0.1, -0.05) is 18.1 Å². The van der Waals surface area contributed by atoms with Gasteiger partial charge < -0.3 is 15.4 Å². The highest BCUT2D eigenvalue weighted by atomic mass is 16.5. The van der Waals surface area contributed by atoms with Crippen LogP contribution in [0.15, 0.2) is 54.9 Å². The van der Waals surface area contributed by atoms with Crippen molar-refractivity contribution in [3.63, 3.8) is 0 Å². The van der Waals surface area contributed by atoms with E-state index in [1.165, 1.54) is 18.4 Å². The Bertz CT molecular complexity index is 1530. The van der Waals surface area contributed by atoms with E-state index in [0.717, 1.165) is 23.2 Å². The van der Waals surface area contributed by atoms with Crippen LogP contribution in [0.25, 0.3) is 16.9 Å². The molecule has 1 aliphatic heterocycles. The number of hydrogen-bond acceptors (Lipinski definition) is 6. The fraction of sp³-hybridized carbons (Fsp3) is 0.286. The second-order valence-electron chi connectivity index (χ2n) is 9.29. The average Bonchev–Trinajstić information content (AvgIpc) is 3.49. The topological polar surface area (TPSA) is 98.6 Å². The quantitative estimate of drug-likeness (QED) is 0.428. The van der Waals surface area contributed by atoms with Gasteiger partial charge in [0.05, 0.1) is 11.2 Å². The fourth-order valence-corrected chi connectivity index (χ4v) is 4.90. The maximum Gasteiger partial charge on any atom is 0.298 e. The molecular weight excluding hydrogens is 452 g/mol. The monoisotopic (exact) mass is 478 g/mol. The number of aromatic nitrogens is 4. The first-order chi connectivity index (χ1) is 17.6. The van der Waals surface area contributed by atoms with Crippen LogP contribution >= 0.6 is 0 Å². The van der Waals surface area contributed by atoms with Gasteiger partial charge in [-0.25, -0.2) is 15.0 Å². The average molecular weight is 479 g/mol. The largest absolute Gasteiger partial charge is 0.439 e. The molecule has 1 atom stereocenters. The Hall–Kier alpha value is -4.38. The van der Waals surface area contributed by atoms with E-state index in [4.69, 9.17) is 15.5 Å². The van der Waals surface area contributed by atoms with Crippen molar-refractivity contribution in [3.8, 4) is 34.9 Å². The van der Waals surface area contributed by atoms with Gasteiger partial charge in [0.15, 0.2) is 0 Å². The molecule has 1 saturated heterocycles. The molecule has 8 nitrogen and oxygen atoms in total. The number of carbonyl (C=O) groups excluding carboxylic acids is 1. The normalized spacial score (nSPS) is 17.1. The van der Waals surface area contributed by atoms with Gasteiger partial charge in [-0.15, -0.1) is 0 Å². The molecule has 1 amide bonds. The van der Waals surface area contributed by atoms with Crippen LogP contribution in [0.2, 0.25) is 0 Å². The molecule has 4 aromatic rings. The van der Waals surface area contributed by atoms with Crippen molar-refractivity contribution < 1.29 is 9.53 Å². The van der Waals surface area contributed by atoms with Gasteiger partial charge in [0.25, 0.3) is 5.91 Å². The first kappa shape index (κ1) is 22.1. The Morgan fingerprint density at radius 3 is 2.78 bits per heavy atom. The number of hydrogen-bond donors (Lipinski definition) is 1. The molecule has 1 aliphatic carbocycles. The Morgan fingerprint density at radius 1 is 1.08 bits per heavy atom. The maximum absolute atomic E-state index is 12.3. The molecule has 180 valence electrons. The van der Waals surface area contributed by atoms with E-state index in [1.807, 2.05) is 40.8 Å². The van der Waals surface area contributed by atoms with Crippen molar-refractivity contribution in [2.75, 3.05) is 18.8 Å². The number of likely N-dealkylation sites (tertiary alicyclic amines) is 1. The van der Waals surface area contributed by atoms with Crippen LogP contribution < -0.4 is 10.5 Å². The highest BCUT2D eigenvalue weighted by molar-refractivity contribution is 5.93. The highest BCUT2D eigenvalue weighted by Gasteiger charge is 2.31. The van der Waals surface area contributed by atoms with Crippen molar-refractivity contribution in [1.82, 2.24) is 24.3 Å². The zero-order chi connectivity index (χ0) is 24.6. The summed E-state index contributed by atoms with van der Waals surface area (Å²) in [7, 11) is 0. The Morgan fingerprint density at radius 2 is 1.94 bits per heavy atom. The third kappa shape index (κ3) is 4.13. The van der Waals surface area contributed by atoms with E-state index in [-0.39, 0.29) is 11.8 Å². The van der Waals surface area contributed by atoms with Crippen LogP contribution in [-0.2, 0) is 4.79 Å². The lowest BCUT2D eigenvalue weighted by atomic mass is 10.0. The minimum Gasteiger partial charge on any atom is -0.439 e. The number of anilines is 1. The van der Waals surface area contributed by atoms with Crippen LogP contribution in [0, 0.1) is 11.8 Å². The Kier molecular flexibility index (Phi) is 5.53. The molecule has 2 fully saturated rings. The number of pyridine rings is 1. The van der Waals surface area contributed by atoms with Gasteiger partial charge in [0.1, 0.15) is 11.6 Å². The summed E-state index contributed by atoms with van der Waals surface area (Å²) < 4.78 is 7.99. The highest BCUT2D eigenvalue weighted by Crippen LogP contribution is 2.41. The molecule has 0 spiro atoms. The number of nitrogen functional groups attached to an aromatic ring is 1. The molecule has 1 aromatic carbocycles. The fourth-order valence-electron chi connectivity index (χ4n) is 4.90. The third-order valence-corrected chi connectivity index (χ3v) is 6.83. The molecule has 0 radical (unpaired) electrons. The Balaban J connectivity index is 1.34. The van der Waals surface area contributed by atoms with Crippen molar-refractivity contribution in [1.29, 1.82) is 0 Å². The lowest BCUT2D eigenvalue weighted by Gasteiger charge is -2.12. The van der Waals surface area contributed by atoms with E-state index in [2.05, 4.69) is 27.9 Å². The van der Waals surface area contributed by atoms with Gasteiger partial charge in [0.2, 0.25) is 11.8 Å². The third-order valence-electron chi connectivity index (χ3n) is 6.83. The lowest BCUT2D eigenvalue weighted by Crippen LogP contribution is -2.26. The number of amides is 1. The summed E-state index contributed by atoms with van der Waals surface area (Å²) in [6, 6.07) is 13.8. The molecule has 1 saturated carbocycles. The van der Waals surface area contributed by atoms with E-state index in [1.54, 1.807) is 24.2 Å². The summed E-state index contributed by atoms with van der Waals surface area (Å²) in [6.07, 6.45) is 6.76. The van der Waals surface area contributed by atoms with E-state index in [0.29, 0.717) is 42.4 Å². The first-order valence-electron chi connectivity index (χ1n) is 12.2. The minimum absolute atomic E-state index is 0.0898. The SMILES string of the molecule is CC#CC(=O)N1CCC(c2nc(-c3cccc(Oc4cc(C5CC5)ccn4)c3)n3c(N)nccc23)C1. The number of carbonyl (C=O) groups is 1. The van der Waals surface area contributed by atoms with Crippen molar-refractivity contribution in [2.45, 2.75) is 38.0 Å². The zero-order valence-corrected chi connectivity index (χ0v) is 20.0. The number of rotatable bonds is 5.